The molecule has 102 valence electrons. The van der Waals surface area contributed by atoms with Crippen LogP contribution in [0.25, 0.3) is 0 Å². The molecule has 0 amide bonds. The number of methoxy groups -OCH3 is 1. The van der Waals surface area contributed by atoms with E-state index in [1.165, 1.54) is 13.2 Å². The maximum atomic E-state index is 13.4. The molecule has 0 spiro atoms. The molecular formula is C14H22FNO2. The summed E-state index contributed by atoms with van der Waals surface area (Å²) in [5.74, 6) is -0.0438. The molecule has 0 saturated carbocycles. The Morgan fingerprint density at radius 2 is 2.11 bits per heavy atom. The van der Waals surface area contributed by atoms with Crippen LogP contribution in [0.3, 0.4) is 0 Å². The average Bonchev–Trinajstić information content (AvgIpc) is 2.38. The lowest BCUT2D eigenvalue weighted by Crippen LogP contribution is -2.19. The minimum atomic E-state index is -0.323. The number of halogens is 1. The van der Waals surface area contributed by atoms with Crippen LogP contribution in [0.5, 0.6) is 5.75 Å². The van der Waals surface area contributed by atoms with Gasteiger partial charge in [0, 0.05) is 19.7 Å². The van der Waals surface area contributed by atoms with Gasteiger partial charge < -0.3 is 14.8 Å². The molecule has 0 atom stereocenters. The first-order valence-electron chi connectivity index (χ1n) is 6.38. The molecule has 0 heterocycles. The van der Waals surface area contributed by atoms with E-state index in [1.807, 2.05) is 6.07 Å². The van der Waals surface area contributed by atoms with E-state index >= 15 is 0 Å². The second-order valence-corrected chi connectivity index (χ2v) is 4.11. The first kappa shape index (κ1) is 14.9. The molecule has 3 nitrogen and oxygen atoms in total. The Kier molecular flexibility index (Phi) is 7.37. The van der Waals surface area contributed by atoms with Crippen molar-refractivity contribution in [1.29, 1.82) is 0 Å². The van der Waals surface area contributed by atoms with Gasteiger partial charge in [0.2, 0.25) is 0 Å². The zero-order valence-electron chi connectivity index (χ0n) is 11.2. The van der Waals surface area contributed by atoms with Crippen LogP contribution in [-0.2, 0) is 11.3 Å². The van der Waals surface area contributed by atoms with Gasteiger partial charge in [0.05, 0.1) is 13.7 Å². The molecule has 0 fully saturated rings. The summed E-state index contributed by atoms with van der Waals surface area (Å²) in [6.45, 7) is 5.06. The van der Waals surface area contributed by atoms with Crippen LogP contribution in [0.15, 0.2) is 18.2 Å². The number of unbranched alkanes of at least 4 members (excludes halogenated alkanes) is 1. The largest absolute Gasteiger partial charge is 0.494 e. The maximum absolute atomic E-state index is 13.4. The van der Waals surface area contributed by atoms with E-state index in [9.17, 15) is 4.39 Å². The highest BCUT2D eigenvalue weighted by atomic mass is 19.1. The van der Waals surface area contributed by atoms with Crippen LogP contribution in [0.4, 0.5) is 4.39 Å². The molecule has 18 heavy (non-hydrogen) atoms. The van der Waals surface area contributed by atoms with Gasteiger partial charge in [-0.1, -0.05) is 19.4 Å². The van der Waals surface area contributed by atoms with Gasteiger partial charge in [0.1, 0.15) is 0 Å². The molecule has 0 aliphatic carbocycles. The van der Waals surface area contributed by atoms with Crippen LogP contribution >= 0.6 is 0 Å². The fourth-order valence-corrected chi connectivity index (χ4v) is 1.55. The van der Waals surface area contributed by atoms with Crippen molar-refractivity contribution in [3.63, 3.8) is 0 Å². The lowest BCUT2D eigenvalue weighted by molar-refractivity contribution is 0.133. The molecular weight excluding hydrogens is 233 g/mol. The maximum Gasteiger partial charge on any atom is 0.165 e. The predicted octanol–water partition coefficient (Wildman–Crippen LogP) is 2.74. The molecule has 0 aliphatic rings. The molecule has 0 aromatic heterocycles. The molecule has 0 radical (unpaired) electrons. The van der Waals surface area contributed by atoms with Crippen molar-refractivity contribution in [2.75, 3.05) is 26.9 Å². The first-order valence-corrected chi connectivity index (χ1v) is 6.38. The van der Waals surface area contributed by atoms with Gasteiger partial charge in [-0.05, 0) is 24.1 Å². The summed E-state index contributed by atoms with van der Waals surface area (Å²) in [6, 6.07) is 4.99. The molecule has 0 unspecified atom stereocenters. The summed E-state index contributed by atoms with van der Waals surface area (Å²) in [5, 5.41) is 3.21. The van der Waals surface area contributed by atoms with Gasteiger partial charge in [-0.3, -0.25) is 0 Å². The van der Waals surface area contributed by atoms with Crippen LogP contribution in [0.1, 0.15) is 25.3 Å². The Bertz CT molecular complexity index is 345. The van der Waals surface area contributed by atoms with Crippen LogP contribution in [-0.4, -0.2) is 26.9 Å². The standard InChI is InChI=1S/C14H22FNO2/c1-3-4-8-18-9-7-16-11-12-5-6-14(17-2)13(15)10-12/h5-6,10,16H,3-4,7-9,11H2,1-2H3. The van der Waals surface area contributed by atoms with E-state index in [1.54, 1.807) is 6.07 Å². The highest BCUT2D eigenvalue weighted by Crippen LogP contribution is 2.17. The normalized spacial score (nSPS) is 10.6. The number of ether oxygens (including phenoxy) is 2. The fourth-order valence-electron chi connectivity index (χ4n) is 1.55. The summed E-state index contributed by atoms with van der Waals surface area (Å²) in [7, 11) is 1.46. The third kappa shape index (κ3) is 5.47. The Hall–Kier alpha value is -1.13. The number of hydrogen-bond donors (Lipinski definition) is 1. The monoisotopic (exact) mass is 255 g/mol. The quantitative estimate of drug-likeness (QED) is 0.688. The van der Waals surface area contributed by atoms with Gasteiger partial charge in [-0.15, -0.1) is 0 Å². The number of benzene rings is 1. The van der Waals surface area contributed by atoms with E-state index in [-0.39, 0.29) is 11.6 Å². The first-order chi connectivity index (χ1) is 8.77. The Morgan fingerprint density at radius 3 is 2.78 bits per heavy atom. The SMILES string of the molecule is CCCCOCCNCc1ccc(OC)c(F)c1. The van der Waals surface area contributed by atoms with Crippen molar-refractivity contribution in [2.45, 2.75) is 26.3 Å². The van der Waals surface area contributed by atoms with E-state index in [0.717, 1.165) is 31.6 Å². The zero-order chi connectivity index (χ0) is 13.2. The van der Waals surface area contributed by atoms with Gasteiger partial charge in [-0.25, -0.2) is 4.39 Å². The van der Waals surface area contributed by atoms with E-state index in [4.69, 9.17) is 9.47 Å². The molecule has 4 heteroatoms. The van der Waals surface area contributed by atoms with E-state index in [0.29, 0.717) is 13.2 Å². The Balaban J connectivity index is 2.17. The van der Waals surface area contributed by atoms with Crippen LogP contribution in [0, 0.1) is 5.82 Å². The van der Waals surface area contributed by atoms with Crippen molar-refractivity contribution in [3.8, 4) is 5.75 Å². The molecule has 1 aromatic carbocycles. The third-order valence-corrected chi connectivity index (χ3v) is 2.61. The van der Waals surface area contributed by atoms with Gasteiger partial charge in [-0.2, -0.15) is 0 Å². The van der Waals surface area contributed by atoms with Gasteiger partial charge in [0.25, 0.3) is 0 Å². The predicted molar refractivity (Wildman–Crippen MR) is 70.4 cm³/mol. The number of nitrogens with one attached hydrogen (secondary N) is 1. The molecule has 1 N–H and O–H groups in total. The van der Waals surface area contributed by atoms with Gasteiger partial charge in [0.15, 0.2) is 11.6 Å². The Labute approximate surface area is 108 Å². The van der Waals surface area contributed by atoms with Crippen molar-refractivity contribution in [2.24, 2.45) is 0 Å². The summed E-state index contributed by atoms with van der Waals surface area (Å²) in [5.41, 5.74) is 0.904. The van der Waals surface area contributed by atoms with E-state index < -0.39 is 0 Å². The lowest BCUT2D eigenvalue weighted by Gasteiger charge is -2.07. The summed E-state index contributed by atoms with van der Waals surface area (Å²) in [6.07, 6.45) is 2.25. The topological polar surface area (TPSA) is 30.5 Å². The highest BCUT2D eigenvalue weighted by Gasteiger charge is 2.02. The minimum absolute atomic E-state index is 0.279. The summed E-state index contributed by atoms with van der Waals surface area (Å²) < 4.78 is 23.7. The number of rotatable bonds is 9. The summed E-state index contributed by atoms with van der Waals surface area (Å²) in [4.78, 5) is 0. The third-order valence-electron chi connectivity index (χ3n) is 2.61. The van der Waals surface area contributed by atoms with Gasteiger partial charge >= 0.3 is 0 Å². The fraction of sp³-hybridized carbons (Fsp3) is 0.571. The second kappa shape index (κ2) is 8.89. The van der Waals surface area contributed by atoms with Crippen molar-refractivity contribution in [3.05, 3.63) is 29.6 Å². The van der Waals surface area contributed by atoms with Crippen molar-refractivity contribution in [1.82, 2.24) is 5.32 Å². The molecule has 1 rings (SSSR count). The van der Waals surface area contributed by atoms with Crippen molar-refractivity contribution >= 4 is 0 Å². The molecule has 1 aromatic rings. The highest BCUT2D eigenvalue weighted by molar-refractivity contribution is 5.29. The number of hydrogen-bond acceptors (Lipinski definition) is 3. The molecule has 0 aliphatic heterocycles. The average molecular weight is 255 g/mol. The smallest absolute Gasteiger partial charge is 0.165 e. The van der Waals surface area contributed by atoms with E-state index in [2.05, 4.69) is 12.2 Å². The van der Waals surface area contributed by atoms with Crippen LogP contribution in [0.2, 0.25) is 0 Å². The van der Waals surface area contributed by atoms with Crippen molar-refractivity contribution < 1.29 is 13.9 Å². The van der Waals surface area contributed by atoms with Crippen LogP contribution < -0.4 is 10.1 Å². The molecule has 0 bridgehead atoms. The minimum Gasteiger partial charge on any atom is -0.494 e. The second-order valence-electron chi connectivity index (χ2n) is 4.11. The lowest BCUT2D eigenvalue weighted by atomic mass is 10.2. The molecule has 0 saturated heterocycles. The summed E-state index contributed by atoms with van der Waals surface area (Å²) >= 11 is 0. The Morgan fingerprint density at radius 1 is 1.28 bits per heavy atom. The zero-order valence-corrected chi connectivity index (χ0v) is 11.2.